The number of hydrogen-bond acceptors (Lipinski definition) is 3. The Morgan fingerprint density at radius 3 is 2.65 bits per heavy atom. The quantitative estimate of drug-likeness (QED) is 0.772. The molecule has 0 aliphatic carbocycles. The number of fused-ring (bicyclic) bond motifs is 1. The lowest BCUT2D eigenvalue weighted by molar-refractivity contribution is -0.126. The summed E-state index contributed by atoms with van der Waals surface area (Å²) in [6.45, 7) is 6.05. The molecule has 1 aliphatic heterocycles. The van der Waals surface area contributed by atoms with E-state index in [1.165, 1.54) is 0 Å². The lowest BCUT2D eigenvalue weighted by Crippen LogP contribution is -2.46. The molecule has 0 fully saturated rings. The Kier molecular flexibility index (Phi) is 5.36. The molecule has 1 aromatic carbocycles. The molecule has 6 heteroatoms. The zero-order valence-corrected chi connectivity index (χ0v) is 13.7. The van der Waals surface area contributed by atoms with Gasteiger partial charge in [-0.25, -0.2) is 0 Å². The first-order valence-electron chi connectivity index (χ1n) is 7.92. The molecule has 23 heavy (non-hydrogen) atoms. The van der Waals surface area contributed by atoms with Crippen molar-refractivity contribution in [2.24, 2.45) is 5.92 Å². The molecule has 0 saturated carbocycles. The molecule has 0 aromatic heterocycles. The summed E-state index contributed by atoms with van der Waals surface area (Å²) in [6, 6.07) is 5.92. The molecule has 124 valence electrons. The van der Waals surface area contributed by atoms with Gasteiger partial charge in [0.25, 0.3) is 5.91 Å². The van der Waals surface area contributed by atoms with Crippen LogP contribution in [0, 0.1) is 5.92 Å². The Morgan fingerprint density at radius 2 is 1.96 bits per heavy atom. The number of carbonyl (C=O) groups excluding carboxylic acids is 3. The maximum Gasteiger partial charge on any atom is 0.254 e. The van der Waals surface area contributed by atoms with Gasteiger partial charge in [0.2, 0.25) is 11.8 Å². The maximum atomic E-state index is 12.2. The molecule has 6 nitrogen and oxygen atoms in total. The zero-order chi connectivity index (χ0) is 17.0. The lowest BCUT2D eigenvalue weighted by Gasteiger charge is -2.21. The zero-order valence-electron chi connectivity index (χ0n) is 13.7. The predicted octanol–water partition coefficient (Wildman–Crippen LogP) is 1.68. The van der Waals surface area contributed by atoms with Gasteiger partial charge in [-0.1, -0.05) is 32.4 Å². The van der Waals surface area contributed by atoms with E-state index in [-0.39, 0.29) is 30.2 Å². The van der Waals surface area contributed by atoms with E-state index in [1.54, 1.807) is 24.3 Å². The van der Waals surface area contributed by atoms with Gasteiger partial charge in [0.1, 0.15) is 6.04 Å². The molecule has 3 atom stereocenters. The fourth-order valence-corrected chi connectivity index (χ4v) is 2.45. The van der Waals surface area contributed by atoms with Crippen LogP contribution >= 0.6 is 0 Å². The Bertz CT molecular complexity index is 615. The summed E-state index contributed by atoms with van der Waals surface area (Å²) >= 11 is 0. The van der Waals surface area contributed by atoms with Gasteiger partial charge in [-0.05, 0) is 25.0 Å². The second kappa shape index (κ2) is 7.26. The molecule has 0 radical (unpaired) electrons. The number of nitrogens with one attached hydrogen (secondary N) is 3. The van der Waals surface area contributed by atoms with Crippen LogP contribution in [0.2, 0.25) is 0 Å². The van der Waals surface area contributed by atoms with Crippen LogP contribution in [0.25, 0.3) is 0 Å². The van der Waals surface area contributed by atoms with E-state index in [4.69, 9.17) is 0 Å². The number of para-hydroxylation sites is 1. The number of rotatable bonds is 5. The van der Waals surface area contributed by atoms with E-state index in [0.717, 1.165) is 6.42 Å². The molecular formula is C17H23N3O3. The highest BCUT2D eigenvalue weighted by molar-refractivity contribution is 6.10. The van der Waals surface area contributed by atoms with Crippen molar-refractivity contribution in [2.75, 3.05) is 5.32 Å². The van der Waals surface area contributed by atoms with E-state index in [2.05, 4.69) is 29.8 Å². The molecule has 0 bridgehead atoms. The van der Waals surface area contributed by atoms with Crippen molar-refractivity contribution >= 4 is 23.4 Å². The summed E-state index contributed by atoms with van der Waals surface area (Å²) in [5, 5.41) is 8.20. The topological polar surface area (TPSA) is 87.3 Å². The second-order valence-corrected chi connectivity index (χ2v) is 6.01. The van der Waals surface area contributed by atoms with Crippen molar-refractivity contribution in [3.05, 3.63) is 29.8 Å². The third-order valence-corrected chi connectivity index (χ3v) is 4.33. The fraction of sp³-hybridized carbons (Fsp3) is 0.471. The predicted molar refractivity (Wildman–Crippen MR) is 88.0 cm³/mol. The van der Waals surface area contributed by atoms with Gasteiger partial charge in [0.15, 0.2) is 0 Å². The van der Waals surface area contributed by atoms with E-state index in [9.17, 15) is 14.4 Å². The first kappa shape index (κ1) is 17.0. The van der Waals surface area contributed by atoms with E-state index in [0.29, 0.717) is 17.2 Å². The molecule has 3 N–H and O–H groups in total. The normalized spacial score (nSPS) is 19.7. The van der Waals surface area contributed by atoms with Gasteiger partial charge in [-0.3, -0.25) is 14.4 Å². The molecule has 0 saturated heterocycles. The van der Waals surface area contributed by atoms with E-state index < -0.39 is 6.04 Å². The Balaban J connectivity index is 2.03. The average Bonchev–Trinajstić information content (AvgIpc) is 2.64. The third-order valence-electron chi connectivity index (χ3n) is 4.33. The highest BCUT2D eigenvalue weighted by Crippen LogP contribution is 2.18. The van der Waals surface area contributed by atoms with Crippen LogP contribution < -0.4 is 16.0 Å². The fourth-order valence-electron chi connectivity index (χ4n) is 2.45. The number of amides is 3. The molecule has 1 aromatic rings. The maximum absolute atomic E-state index is 12.2. The molecule has 1 aliphatic rings. The number of hydrogen-bond donors (Lipinski definition) is 3. The molecular weight excluding hydrogens is 294 g/mol. The smallest absolute Gasteiger partial charge is 0.254 e. The number of anilines is 1. The van der Waals surface area contributed by atoms with Crippen molar-refractivity contribution in [3.8, 4) is 0 Å². The van der Waals surface area contributed by atoms with Crippen molar-refractivity contribution in [1.82, 2.24) is 10.6 Å². The Morgan fingerprint density at radius 1 is 1.26 bits per heavy atom. The van der Waals surface area contributed by atoms with Crippen molar-refractivity contribution < 1.29 is 14.4 Å². The lowest BCUT2D eigenvalue weighted by atomic mass is 10.0. The van der Waals surface area contributed by atoms with Crippen molar-refractivity contribution in [1.29, 1.82) is 0 Å². The van der Waals surface area contributed by atoms with Gasteiger partial charge in [-0.15, -0.1) is 0 Å². The van der Waals surface area contributed by atoms with Gasteiger partial charge in [0.05, 0.1) is 17.7 Å². The average molecular weight is 317 g/mol. The van der Waals surface area contributed by atoms with Crippen LogP contribution in [0.4, 0.5) is 5.69 Å². The summed E-state index contributed by atoms with van der Waals surface area (Å²) in [7, 11) is 0. The molecule has 2 unspecified atom stereocenters. The molecule has 1 heterocycles. The molecule has 2 rings (SSSR count). The van der Waals surface area contributed by atoms with E-state index >= 15 is 0 Å². The van der Waals surface area contributed by atoms with Crippen molar-refractivity contribution in [3.63, 3.8) is 0 Å². The monoisotopic (exact) mass is 317 g/mol. The largest absolute Gasteiger partial charge is 0.353 e. The van der Waals surface area contributed by atoms with Crippen LogP contribution in [0.3, 0.4) is 0 Å². The minimum atomic E-state index is -0.876. The van der Waals surface area contributed by atoms with Crippen molar-refractivity contribution in [2.45, 2.75) is 45.7 Å². The minimum Gasteiger partial charge on any atom is -0.353 e. The number of carbonyl (C=O) groups is 3. The van der Waals surface area contributed by atoms with E-state index in [1.807, 2.05) is 6.92 Å². The number of benzene rings is 1. The summed E-state index contributed by atoms with van der Waals surface area (Å²) in [6.07, 6.45) is 0.879. The Labute approximate surface area is 136 Å². The first-order chi connectivity index (χ1) is 10.9. The second-order valence-electron chi connectivity index (χ2n) is 6.01. The summed E-state index contributed by atoms with van der Waals surface area (Å²) in [4.78, 5) is 36.5. The van der Waals surface area contributed by atoms with Crippen LogP contribution in [0.5, 0.6) is 0 Å². The highest BCUT2D eigenvalue weighted by Gasteiger charge is 2.29. The first-order valence-corrected chi connectivity index (χ1v) is 7.92. The third kappa shape index (κ3) is 4.09. The standard InChI is InChI=1S/C17H23N3O3/c1-4-10(2)11(3)18-15(21)9-14-17(23)19-13-8-6-5-7-12(13)16(22)20-14/h5-8,10-11,14H,4,9H2,1-3H3,(H,18,21)(H,19,23)(H,20,22)/t10?,11?,14-/m0/s1. The summed E-state index contributed by atoms with van der Waals surface area (Å²) < 4.78 is 0. The van der Waals surface area contributed by atoms with Gasteiger partial charge in [0, 0.05) is 6.04 Å². The van der Waals surface area contributed by atoms with Gasteiger partial charge >= 0.3 is 0 Å². The van der Waals surface area contributed by atoms with Crippen LogP contribution in [0.1, 0.15) is 44.0 Å². The van der Waals surface area contributed by atoms with Crippen LogP contribution in [0.15, 0.2) is 24.3 Å². The van der Waals surface area contributed by atoms with Crippen LogP contribution in [-0.4, -0.2) is 29.8 Å². The van der Waals surface area contributed by atoms with Gasteiger partial charge < -0.3 is 16.0 Å². The summed E-state index contributed by atoms with van der Waals surface area (Å²) in [5.41, 5.74) is 0.864. The highest BCUT2D eigenvalue weighted by atomic mass is 16.2. The Hall–Kier alpha value is -2.37. The SMILES string of the molecule is CCC(C)C(C)NC(=O)C[C@@H]1NC(=O)c2ccccc2NC1=O. The van der Waals surface area contributed by atoms with Crippen LogP contribution in [-0.2, 0) is 9.59 Å². The molecule has 3 amide bonds. The van der Waals surface area contributed by atoms with Gasteiger partial charge in [-0.2, -0.15) is 0 Å². The minimum absolute atomic E-state index is 0.0224. The summed E-state index contributed by atoms with van der Waals surface area (Å²) in [5.74, 6) is -0.633. The molecule has 0 spiro atoms.